The number of hydrogen-bond donors (Lipinski definition) is 1. The quantitative estimate of drug-likeness (QED) is 0.722. The van der Waals surface area contributed by atoms with Gasteiger partial charge in [-0.15, -0.1) is 0 Å². The first-order valence-electron chi connectivity index (χ1n) is 9.01. The predicted molar refractivity (Wildman–Crippen MR) is 103 cm³/mol. The number of pyridine rings is 1. The van der Waals surface area contributed by atoms with Crippen LogP contribution in [-0.2, 0) is 23.2 Å². The number of nitrogens with zero attached hydrogens (tertiary/aromatic N) is 3. The fourth-order valence-corrected chi connectivity index (χ4v) is 2.64. The highest BCUT2D eigenvalue weighted by Gasteiger charge is 2.13. The van der Waals surface area contributed by atoms with E-state index in [0.717, 1.165) is 11.1 Å². The maximum atomic E-state index is 12.1. The highest BCUT2D eigenvalue weighted by molar-refractivity contribution is 5.76. The number of carbonyl (C=O) groups is 1. The first kappa shape index (κ1) is 18.8. The standard InChI is InChI=1S/C21H24N4O2/c1-21(2,3)17-7-4-15(5-8-17)6-9-18(26)23-14-19-24-20(25-27-19)16-10-12-22-13-11-16/h4-5,7-8,10-13H,6,9,14H2,1-3H3,(H,23,26). The second-order valence-corrected chi connectivity index (χ2v) is 7.47. The van der Waals surface area contributed by atoms with Crippen LogP contribution in [0, 0.1) is 0 Å². The summed E-state index contributed by atoms with van der Waals surface area (Å²) in [6.07, 6.45) is 4.45. The van der Waals surface area contributed by atoms with Crippen LogP contribution in [-0.4, -0.2) is 21.0 Å². The van der Waals surface area contributed by atoms with Crippen molar-refractivity contribution in [3.8, 4) is 11.4 Å². The Hall–Kier alpha value is -3.02. The average Bonchev–Trinajstić information content (AvgIpc) is 3.14. The highest BCUT2D eigenvalue weighted by atomic mass is 16.5. The molecule has 0 radical (unpaired) electrons. The van der Waals surface area contributed by atoms with Gasteiger partial charge >= 0.3 is 0 Å². The monoisotopic (exact) mass is 364 g/mol. The summed E-state index contributed by atoms with van der Waals surface area (Å²) in [4.78, 5) is 20.3. The van der Waals surface area contributed by atoms with Crippen LogP contribution < -0.4 is 5.32 Å². The molecule has 6 heteroatoms. The summed E-state index contributed by atoms with van der Waals surface area (Å²) in [6, 6.07) is 12.1. The largest absolute Gasteiger partial charge is 0.347 e. The van der Waals surface area contributed by atoms with Crippen LogP contribution in [0.5, 0.6) is 0 Å². The van der Waals surface area contributed by atoms with E-state index in [-0.39, 0.29) is 17.9 Å². The third kappa shape index (κ3) is 5.23. The minimum atomic E-state index is -0.0430. The Morgan fingerprint density at radius 1 is 1.07 bits per heavy atom. The van der Waals surface area contributed by atoms with Crippen LogP contribution in [0.1, 0.15) is 44.2 Å². The topological polar surface area (TPSA) is 80.9 Å². The molecule has 0 saturated heterocycles. The third-order valence-electron chi connectivity index (χ3n) is 4.30. The van der Waals surface area contributed by atoms with E-state index in [2.05, 4.69) is 65.5 Å². The van der Waals surface area contributed by atoms with Crippen LogP contribution in [0.2, 0.25) is 0 Å². The fourth-order valence-electron chi connectivity index (χ4n) is 2.64. The zero-order valence-corrected chi connectivity index (χ0v) is 15.9. The Morgan fingerprint density at radius 3 is 2.44 bits per heavy atom. The molecule has 1 aromatic carbocycles. The molecule has 1 N–H and O–H groups in total. The van der Waals surface area contributed by atoms with E-state index in [4.69, 9.17) is 4.52 Å². The molecule has 1 amide bonds. The SMILES string of the molecule is CC(C)(C)c1ccc(CCC(=O)NCc2nc(-c3ccncc3)no2)cc1. The van der Waals surface area contributed by atoms with Gasteiger partial charge in [0.05, 0.1) is 6.54 Å². The van der Waals surface area contributed by atoms with E-state index in [0.29, 0.717) is 24.6 Å². The lowest BCUT2D eigenvalue weighted by Crippen LogP contribution is -2.23. The van der Waals surface area contributed by atoms with Crippen molar-refractivity contribution in [1.82, 2.24) is 20.4 Å². The number of aromatic nitrogens is 3. The van der Waals surface area contributed by atoms with E-state index in [1.165, 1.54) is 5.56 Å². The number of carbonyl (C=O) groups excluding carboxylic acids is 1. The number of nitrogens with one attached hydrogen (secondary N) is 1. The minimum absolute atomic E-state index is 0.0430. The van der Waals surface area contributed by atoms with Crippen molar-refractivity contribution in [1.29, 1.82) is 0 Å². The van der Waals surface area contributed by atoms with Crippen molar-refractivity contribution in [3.63, 3.8) is 0 Å². The van der Waals surface area contributed by atoms with Crippen molar-refractivity contribution < 1.29 is 9.32 Å². The number of aryl methyl sites for hydroxylation is 1. The molecule has 0 aliphatic rings. The van der Waals surface area contributed by atoms with Crippen molar-refractivity contribution >= 4 is 5.91 Å². The van der Waals surface area contributed by atoms with Crippen LogP contribution in [0.3, 0.4) is 0 Å². The molecule has 3 rings (SSSR count). The van der Waals surface area contributed by atoms with Crippen LogP contribution in [0.15, 0.2) is 53.3 Å². The second kappa shape index (κ2) is 8.12. The number of benzene rings is 1. The molecule has 0 fully saturated rings. The van der Waals surface area contributed by atoms with E-state index in [1.54, 1.807) is 24.5 Å². The summed E-state index contributed by atoms with van der Waals surface area (Å²) >= 11 is 0. The Bertz CT molecular complexity index is 881. The van der Waals surface area contributed by atoms with Gasteiger partial charge in [-0.25, -0.2) is 0 Å². The van der Waals surface area contributed by atoms with Crippen LogP contribution in [0.25, 0.3) is 11.4 Å². The molecule has 2 aromatic heterocycles. The predicted octanol–water partition coefficient (Wildman–Crippen LogP) is 3.68. The lowest BCUT2D eigenvalue weighted by Gasteiger charge is -2.19. The molecule has 140 valence electrons. The zero-order chi connectivity index (χ0) is 19.3. The third-order valence-corrected chi connectivity index (χ3v) is 4.30. The lowest BCUT2D eigenvalue weighted by molar-refractivity contribution is -0.121. The molecule has 0 bridgehead atoms. The Labute approximate surface area is 159 Å². The first-order valence-corrected chi connectivity index (χ1v) is 9.01. The van der Waals surface area contributed by atoms with Crippen molar-refractivity contribution in [3.05, 3.63) is 65.8 Å². The van der Waals surface area contributed by atoms with Gasteiger partial charge in [-0.05, 0) is 35.1 Å². The van der Waals surface area contributed by atoms with Crippen LogP contribution >= 0.6 is 0 Å². The van der Waals surface area contributed by atoms with Gasteiger partial charge in [-0.1, -0.05) is 50.2 Å². The average molecular weight is 364 g/mol. The van der Waals surface area contributed by atoms with Crippen molar-refractivity contribution in [2.24, 2.45) is 0 Å². The molecule has 6 nitrogen and oxygen atoms in total. The van der Waals surface area contributed by atoms with Gasteiger partial charge in [0, 0.05) is 24.4 Å². The Kier molecular flexibility index (Phi) is 5.64. The minimum Gasteiger partial charge on any atom is -0.347 e. The summed E-state index contributed by atoms with van der Waals surface area (Å²) in [5.41, 5.74) is 3.40. The molecule has 0 saturated carbocycles. The zero-order valence-electron chi connectivity index (χ0n) is 15.9. The Morgan fingerprint density at radius 2 is 1.78 bits per heavy atom. The molecule has 0 unspecified atom stereocenters. The lowest BCUT2D eigenvalue weighted by atomic mass is 9.86. The molecular weight excluding hydrogens is 340 g/mol. The fraction of sp³-hybridized carbons (Fsp3) is 0.333. The first-order chi connectivity index (χ1) is 12.9. The van der Waals surface area contributed by atoms with Crippen molar-refractivity contribution in [2.75, 3.05) is 0 Å². The van der Waals surface area contributed by atoms with Gasteiger partial charge in [-0.3, -0.25) is 9.78 Å². The molecule has 0 aliphatic heterocycles. The van der Waals surface area contributed by atoms with Gasteiger partial charge in [0.2, 0.25) is 17.6 Å². The van der Waals surface area contributed by atoms with Gasteiger partial charge < -0.3 is 9.84 Å². The normalized spacial score (nSPS) is 11.4. The van der Waals surface area contributed by atoms with Gasteiger partial charge in [0.1, 0.15) is 0 Å². The molecule has 2 heterocycles. The second-order valence-electron chi connectivity index (χ2n) is 7.47. The van der Waals surface area contributed by atoms with E-state index in [9.17, 15) is 4.79 Å². The maximum absolute atomic E-state index is 12.1. The number of amides is 1. The molecule has 0 atom stereocenters. The van der Waals surface area contributed by atoms with Gasteiger partial charge in [-0.2, -0.15) is 4.98 Å². The summed E-state index contributed by atoms with van der Waals surface area (Å²) in [7, 11) is 0. The van der Waals surface area contributed by atoms with Gasteiger partial charge in [0.15, 0.2) is 0 Å². The molecule has 27 heavy (non-hydrogen) atoms. The maximum Gasteiger partial charge on any atom is 0.246 e. The number of hydrogen-bond acceptors (Lipinski definition) is 5. The van der Waals surface area contributed by atoms with E-state index in [1.807, 2.05) is 0 Å². The van der Waals surface area contributed by atoms with Crippen LogP contribution in [0.4, 0.5) is 0 Å². The van der Waals surface area contributed by atoms with E-state index >= 15 is 0 Å². The summed E-state index contributed by atoms with van der Waals surface area (Å²) in [6.45, 7) is 6.78. The summed E-state index contributed by atoms with van der Waals surface area (Å²) in [5, 5.41) is 6.74. The molecule has 3 aromatic rings. The summed E-state index contributed by atoms with van der Waals surface area (Å²) in [5.74, 6) is 0.823. The van der Waals surface area contributed by atoms with Crippen molar-refractivity contribution in [2.45, 2.75) is 45.6 Å². The smallest absolute Gasteiger partial charge is 0.246 e. The molecule has 0 aliphatic carbocycles. The summed E-state index contributed by atoms with van der Waals surface area (Å²) < 4.78 is 5.18. The number of rotatable bonds is 6. The van der Waals surface area contributed by atoms with Gasteiger partial charge in [0.25, 0.3) is 0 Å². The van der Waals surface area contributed by atoms with E-state index < -0.39 is 0 Å². The molecular formula is C21H24N4O2. The molecule has 0 spiro atoms. The Balaban J connectivity index is 1.47. The highest BCUT2D eigenvalue weighted by Crippen LogP contribution is 2.22.